The van der Waals surface area contributed by atoms with Gasteiger partial charge in [-0.15, -0.1) is 0 Å². The Morgan fingerprint density at radius 1 is 1.16 bits per heavy atom. The molecule has 0 aliphatic heterocycles. The van der Waals surface area contributed by atoms with Crippen molar-refractivity contribution in [2.75, 3.05) is 13.7 Å². The van der Waals surface area contributed by atoms with E-state index in [0.717, 1.165) is 5.56 Å². The summed E-state index contributed by atoms with van der Waals surface area (Å²) in [5.74, 6) is 0.371. The number of ether oxygens (including phenoxy) is 2. The Labute approximate surface area is 111 Å². The molecule has 0 aliphatic carbocycles. The first kappa shape index (κ1) is 13.4. The molecule has 0 spiro atoms. The Bertz CT molecular complexity index is 516. The van der Waals surface area contributed by atoms with Crippen LogP contribution >= 0.6 is 0 Å². The standard InChI is InChI=1S/C15H16O4/c1-17-11-13-7-8-14(19-13)15(16)18-10-9-12-5-3-2-4-6-12/h2-8H,9-11H2,1H3. The van der Waals surface area contributed by atoms with Crippen LogP contribution in [-0.2, 0) is 22.5 Å². The van der Waals surface area contributed by atoms with Gasteiger partial charge in [0.2, 0.25) is 5.76 Å². The van der Waals surface area contributed by atoms with Gasteiger partial charge in [-0.25, -0.2) is 4.79 Å². The lowest BCUT2D eigenvalue weighted by Gasteiger charge is -2.03. The zero-order valence-corrected chi connectivity index (χ0v) is 10.8. The molecule has 4 heteroatoms. The highest BCUT2D eigenvalue weighted by Crippen LogP contribution is 2.10. The van der Waals surface area contributed by atoms with E-state index in [2.05, 4.69) is 0 Å². The van der Waals surface area contributed by atoms with Crippen molar-refractivity contribution < 1.29 is 18.7 Å². The van der Waals surface area contributed by atoms with Gasteiger partial charge in [-0.3, -0.25) is 0 Å². The van der Waals surface area contributed by atoms with Crippen molar-refractivity contribution in [3.05, 3.63) is 59.5 Å². The van der Waals surface area contributed by atoms with Gasteiger partial charge in [0, 0.05) is 13.5 Å². The number of hydrogen-bond acceptors (Lipinski definition) is 4. The Morgan fingerprint density at radius 2 is 1.95 bits per heavy atom. The number of hydrogen-bond donors (Lipinski definition) is 0. The van der Waals surface area contributed by atoms with Gasteiger partial charge in [0.25, 0.3) is 0 Å². The Hall–Kier alpha value is -2.07. The quantitative estimate of drug-likeness (QED) is 0.749. The van der Waals surface area contributed by atoms with Crippen LogP contribution in [0.5, 0.6) is 0 Å². The molecule has 0 saturated carbocycles. The third-order valence-electron chi connectivity index (χ3n) is 2.62. The third kappa shape index (κ3) is 3.96. The average molecular weight is 260 g/mol. The highest BCUT2D eigenvalue weighted by atomic mass is 16.5. The minimum Gasteiger partial charge on any atom is -0.459 e. The van der Waals surface area contributed by atoms with E-state index in [4.69, 9.17) is 13.9 Å². The summed E-state index contributed by atoms with van der Waals surface area (Å²) < 4.78 is 15.4. The predicted molar refractivity (Wildman–Crippen MR) is 69.8 cm³/mol. The molecule has 2 rings (SSSR count). The second-order valence-electron chi connectivity index (χ2n) is 4.07. The first-order chi connectivity index (χ1) is 9.29. The summed E-state index contributed by atoms with van der Waals surface area (Å²) in [5.41, 5.74) is 1.13. The smallest absolute Gasteiger partial charge is 0.374 e. The summed E-state index contributed by atoms with van der Waals surface area (Å²) in [4.78, 5) is 11.7. The summed E-state index contributed by atoms with van der Waals surface area (Å²) in [6, 6.07) is 13.2. The maximum atomic E-state index is 11.7. The molecule has 2 aromatic rings. The van der Waals surface area contributed by atoms with Crippen LogP contribution in [0.2, 0.25) is 0 Å². The molecule has 0 saturated heterocycles. The summed E-state index contributed by atoms with van der Waals surface area (Å²) in [6.07, 6.45) is 0.693. The van der Waals surface area contributed by atoms with Crippen LogP contribution in [-0.4, -0.2) is 19.7 Å². The highest BCUT2D eigenvalue weighted by molar-refractivity contribution is 5.86. The van der Waals surface area contributed by atoms with Crippen LogP contribution in [0.1, 0.15) is 21.9 Å². The second-order valence-corrected chi connectivity index (χ2v) is 4.07. The van der Waals surface area contributed by atoms with Crippen molar-refractivity contribution in [3.63, 3.8) is 0 Å². The summed E-state index contributed by atoms with van der Waals surface area (Å²) in [6.45, 7) is 0.681. The monoisotopic (exact) mass is 260 g/mol. The largest absolute Gasteiger partial charge is 0.459 e. The molecule has 0 amide bonds. The van der Waals surface area contributed by atoms with Gasteiger partial charge < -0.3 is 13.9 Å². The molecular weight excluding hydrogens is 244 g/mol. The summed E-state index contributed by atoms with van der Waals surface area (Å²) in [5, 5.41) is 0. The van der Waals surface area contributed by atoms with E-state index >= 15 is 0 Å². The van der Waals surface area contributed by atoms with E-state index in [1.165, 1.54) is 0 Å². The first-order valence-electron chi connectivity index (χ1n) is 6.08. The number of rotatable bonds is 6. The minimum atomic E-state index is -0.446. The van der Waals surface area contributed by atoms with Gasteiger partial charge >= 0.3 is 5.97 Å². The molecule has 0 aliphatic rings. The van der Waals surface area contributed by atoms with Gasteiger partial charge in [0.05, 0.1) is 6.61 Å². The number of carbonyl (C=O) groups excluding carboxylic acids is 1. The molecule has 1 aromatic heterocycles. The highest BCUT2D eigenvalue weighted by Gasteiger charge is 2.12. The number of furan rings is 1. The van der Waals surface area contributed by atoms with Crippen LogP contribution in [0.4, 0.5) is 0 Å². The lowest BCUT2D eigenvalue weighted by Crippen LogP contribution is -2.07. The van der Waals surface area contributed by atoms with Crippen LogP contribution < -0.4 is 0 Å². The molecule has 0 unspecified atom stereocenters. The van der Waals surface area contributed by atoms with E-state index in [-0.39, 0.29) is 5.76 Å². The molecule has 19 heavy (non-hydrogen) atoms. The van der Waals surface area contributed by atoms with Crippen molar-refractivity contribution in [1.29, 1.82) is 0 Å². The van der Waals surface area contributed by atoms with Crippen molar-refractivity contribution in [3.8, 4) is 0 Å². The number of methoxy groups -OCH3 is 1. The van der Waals surface area contributed by atoms with Crippen LogP contribution in [0.25, 0.3) is 0 Å². The Kier molecular flexibility index (Phi) is 4.75. The molecule has 0 atom stereocenters. The molecule has 0 bridgehead atoms. The van der Waals surface area contributed by atoms with Crippen molar-refractivity contribution >= 4 is 5.97 Å². The van der Waals surface area contributed by atoms with E-state index < -0.39 is 5.97 Å². The lowest BCUT2D eigenvalue weighted by atomic mass is 10.2. The van der Waals surface area contributed by atoms with E-state index in [1.54, 1.807) is 19.2 Å². The molecule has 0 fully saturated rings. The molecule has 1 aromatic carbocycles. The second kappa shape index (κ2) is 6.75. The van der Waals surface area contributed by atoms with E-state index in [9.17, 15) is 4.79 Å². The van der Waals surface area contributed by atoms with Gasteiger partial charge in [-0.2, -0.15) is 0 Å². The molecular formula is C15H16O4. The average Bonchev–Trinajstić information content (AvgIpc) is 2.89. The molecule has 4 nitrogen and oxygen atoms in total. The number of esters is 1. The maximum Gasteiger partial charge on any atom is 0.374 e. The topological polar surface area (TPSA) is 48.7 Å². The molecule has 100 valence electrons. The van der Waals surface area contributed by atoms with E-state index in [0.29, 0.717) is 25.4 Å². The summed E-state index contributed by atoms with van der Waals surface area (Å²) in [7, 11) is 1.57. The van der Waals surface area contributed by atoms with Gasteiger partial charge in [-0.05, 0) is 17.7 Å². The lowest BCUT2D eigenvalue weighted by molar-refractivity contribution is 0.0466. The Balaban J connectivity index is 1.80. The van der Waals surface area contributed by atoms with Crippen molar-refractivity contribution in [2.24, 2.45) is 0 Å². The zero-order valence-electron chi connectivity index (χ0n) is 10.8. The van der Waals surface area contributed by atoms with Crippen LogP contribution in [0.15, 0.2) is 46.9 Å². The van der Waals surface area contributed by atoms with Gasteiger partial charge in [0.1, 0.15) is 12.4 Å². The molecule has 1 heterocycles. The SMILES string of the molecule is COCc1ccc(C(=O)OCCc2ccccc2)o1. The van der Waals surface area contributed by atoms with Gasteiger partial charge in [-0.1, -0.05) is 30.3 Å². The maximum absolute atomic E-state index is 11.7. The fourth-order valence-electron chi connectivity index (χ4n) is 1.68. The fourth-order valence-corrected chi connectivity index (χ4v) is 1.68. The van der Waals surface area contributed by atoms with Crippen molar-refractivity contribution in [1.82, 2.24) is 0 Å². The normalized spacial score (nSPS) is 10.4. The fraction of sp³-hybridized carbons (Fsp3) is 0.267. The Morgan fingerprint density at radius 3 is 2.68 bits per heavy atom. The van der Waals surface area contributed by atoms with Gasteiger partial charge in [0.15, 0.2) is 0 Å². The first-order valence-corrected chi connectivity index (χ1v) is 6.08. The number of carbonyl (C=O) groups is 1. The van der Waals surface area contributed by atoms with Crippen LogP contribution in [0, 0.1) is 0 Å². The molecule has 0 N–H and O–H groups in total. The van der Waals surface area contributed by atoms with Crippen molar-refractivity contribution in [2.45, 2.75) is 13.0 Å². The number of benzene rings is 1. The predicted octanol–water partition coefficient (Wildman–Crippen LogP) is 2.83. The van der Waals surface area contributed by atoms with E-state index in [1.807, 2.05) is 30.3 Å². The van der Waals surface area contributed by atoms with Crippen LogP contribution in [0.3, 0.4) is 0 Å². The zero-order chi connectivity index (χ0) is 13.5. The minimum absolute atomic E-state index is 0.208. The molecule has 0 radical (unpaired) electrons. The summed E-state index contributed by atoms with van der Waals surface area (Å²) >= 11 is 0. The third-order valence-corrected chi connectivity index (χ3v) is 2.62.